The maximum Gasteiger partial charge on any atom is 0.231 e. The highest BCUT2D eigenvalue weighted by Gasteiger charge is 2.36. The number of hydrogen-bond acceptors (Lipinski definition) is 6. The van der Waals surface area contributed by atoms with Gasteiger partial charge < -0.3 is 9.47 Å². The molecule has 1 aromatic carbocycles. The van der Waals surface area contributed by atoms with Crippen LogP contribution in [0.5, 0.6) is 11.5 Å². The minimum Gasteiger partial charge on any atom is -0.454 e. The number of aromatic nitrogens is 1. The van der Waals surface area contributed by atoms with Gasteiger partial charge in [-0.2, -0.15) is 0 Å². The van der Waals surface area contributed by atoms with Gasteiger partial charge in [0.1, 0.15) is 0 Å². The van der Waals surface area contributed by atoms with Gasteiger partial charge in [-0.3, -0.25) is 20.7 Å². The largest absolute Gasteiger partial charge is 0.454 e. The van der Waals surface area contributed by atoms with Gasteiger partial charge in [-0.15, -0.1) is 0 Å². The van der Waals surface area contributed by atoms with Gasteiger partial charge in [-0.25, -0.2) is 0 Å². The Balaban J connectivity index is 1.21. The molecule has 2 aromatic rings. The lowest BCUT2D eigenvalue weighted by atomic mass is 9.80. The molecule has 2 N–H and O–H groups in total. The van der Waals surface area contributed by atoms with Crippen molar-refractivity contribution < 1.29 is 9.47 Å². The Hall–Kier alpha value is -1.86. The van der Waals surface area contributed by atoms with E-state index >= 15 is 0 Å². The molecular formula is C21H25ClN4O2. The van der Waals surface area contributed by atoms with Crippen LogP contribution in [0, 0.1) is 5.92 Å². The zero-order valence-electron chi connectivity index (χ0n) is 15.7. The van der Waals surface area contributed by atoms with E-state index in [9.17, 15) is 0 Å². The van der Waals surface area contributed by atoms with Crippen LogP contribution in [-0.4, -0.2) is 42.4 Å². The second-order valence-corrected chi connectivity index (χ2v) is 8.26. The Morgan fingerprint density at radius 1 is 1.11 bits per heavy atom. The molecule has 3 aliphatic heterocycles. The third kappa shape index (κ3) is 3.57. The summed E-state index contributed by atoms with van der Waals surface area (Å²) in [6.07, 6.45) is 6.15. The standard InChI is InChI=1S/C21H25ClN4O2/c22-18-10-20-19(27-13-28-20)9-16(18)12-26-7-3-15(4-8-26)21-17(11-24-25-21)14-1-5-23-6-2-14/h1-2,5-6,9-10,15,17,21,24-25H,3-4,7-8,11-13H2. The zero-order chi connectivity index (χ0) is 18.9. The van der Waals surface area contributed by atoms with E-state index in [4.69, 9.17) is 21.1 Å². The van der Waals surface area contributed by atoms with Gasteiger partial charge in [0.2, 0.25) is 6.79 Å². The molecule has 2 unspecified atom stereocenters. The molecule has 2 atom stereocenters. The number of hydrazine groups is 1. The first-order valence-electron chi connectivity index (χ1n) is 9.96. The molecule has 6 nitrogen and oxygen atoms in total. The van der Waals surface area contributed by atoms with Gasteiger partial charge in [0, 0.05) is 48.5 Å². The van der Waals surface area contributed by atoms with Crippen LogP contribution >= 0.6 is 11.6 Å². The van der Waals surface area contributed by atoms with Crippen molar-refractivity contribution in [3.63, 3.8) is 0 Å². The third-order valence-electron chi connectivity index (χ3n) is 6.23. The molecule has 0 radical (unpaired) electrons. The van der Waals surface area contributed by atoms with E-state index in [-0.39, 0.29) is 6.79 Å². The van der Waals surface area contributed by atoms with Crippen LogP contribution in [0.3, 0.4) is 0 Å². The lowest BCUT2D eigenvalue weighted by Gasteiger charge is -2.36. The summed E-state index contributed by atoms with van der Waals surface area (Å²) in [7, 11) is 0. The normalized spacial score (nSPS) is 25.3. The molecule has 4 heterocycles. The van der Waals surface area contributed by atoms with Crippen LogP contribution in [0.2, 0.25) is 5.02 Å². The van der Waals surface area contributed by atoms with Gasteiger partial charge in [0.15, 0.2) is 11.5 Å². The van der Waals surface area contributed by atoms with Crippen LogP contribution in [-0.2, 0) is 6.54 Å². The van der Waals surface area contributed by atoms with Crippen molar-refractivity contribution in [2.75, 3.05) is 26.4 Å². The lowest BCUT2D eigenvalue weighted by molar-refractivity contribution is 0.151. The summed E-state index contributed by atoms with van der Waals surface area (Å²) in [6, 6.07) is 8.66. The molecule has 148 valence electrons. The van der Waals surface area contributed by atoms with Crippen molar-refractivity contribution in [3.05, 3.63) is 52.8 Å². The van der Waals surface area contributed by atoms with Crippen molar-refractivity contribution in [3.8, 4) is 11.5 Å². The van der Waals surface area contributed by atoms with Gasteiger partial charge >= 0.3 is 0 Å². The molecule has 5 rings (SSSR count). The number of pyridine rings is 1. The summed E-state index contributed by atoms with van der Waals surface area (Å²) in [6.45, 7) is 4.27. The number of halogens is 1. The van der Waals surface area contributed by atoms with Crippen LogP contribution in [0.4, 0.5) is 0 Å². The first-order chi connectivity index (χ1) is 13.8. The lowest BCUT2D eigenvalue weighted by Crippen LogP contribution is -2.44. The molecule has 0 spiro atoms. The average Bonchev–Trinajstić information content (AvgIpc) is 3.39. The molecule has 0 aliphatic carbocycles. The fourth-order valence-electron chi connectivity index (χ4n) is 4.69. The zero-order valence-corrected chi connectivity index (χ0v) is 16.5. The maximum absolute atomic E-state index is 6.46. The quantitative estimate of drug-likeness (QED) is 0.823. The smallest absolute Gasteiger partial charge is 0.231 e. The molecule has 1 aromatic heterocycles. The van der Waals surface area contributed by atoms with Crippen LogP contribution in [0.1, 0.15) is 29.9 Å². The second kappa shape index (κ2) is 7.87. The monoisotopic (exact) mass is 400 g/mol. The summed E-state index contributed by atoms with van der Waals surface area (Å²) in [4.78, 5) is 6.65. The summed E-state index contributed by atoms with van der Waals surface area (Å²) in [5, 5.41) is 0.755. The van der Waals surface area contributed by atoms with Crippen molar-refractivity contribution in [1.29, 1.82) is 0 Å². The Morgan fingerprint density at radius 2 is 1.86 bits per heavy atom. The highest BCUT2D eigenvalue weighted by molar-refractivity contribution is 6.31. The van der Waals surface area contributed by atoms with Crippen LogP contribution in [0.15, 0.2) is 36.7 Å². The van der Waals surface area contributed by atoms with Crippen LogP contribution < -0.4 is 20.3 Å². The molecule has 3 aliphatic rings. The van der Waals surface area contributed by atoms with E-state index in [1.54, 1.807) is 0 Å². The summed E-state index contributed by atoms with van der Waals surface area (Å²) < 4.78 is 10.9. The molecular weight excluding hydrogens is 376 g/mol. The number of nitrogens with one attached hydrogen (secondary N) is 2. The Morgan fingerprint density at radius 3 is 2.64 bits per heavy atom. The third-order valence-corrected chi connectivity index (χ3v) is 6.59. The van der Waals surface area contributed by atoms with E-state index < -0.39 is 0 Å². The molecule has 7 heteroatoms. The predicted octanol–water partition coefficient (Wildman–Crippen LogP) is 2.94. The minimum atomic E-state index is 0.279. The van der Waals surface area contributed by atoms with E-state index in [1.807, 2.05) is 24.5 Å². The van der Waals surface area contributed by atoms with Gasteiger partial charge in [0.25, 0.3) is 0 Å². The SMILES string of the molecule is Clc1cc2c(cc1CN1CCC(C3NNCC3c3ccncc3)CC1)OCO2. The number of rotatable bonds is 4. The second-order valence-electron chi connectivity index (χ2n) is 7.85. The van der Waals surface area contributed by atoms with E-state index in [0.717, 1.165) is 48.3 Å². The fourth-order valence-corrected chi connectivity index (χ4v) is 4.90. The number of fused-ring (bicyclic) bond motifs is 1. The topological polar surface area (TPSA) is 58.7 Å². The van der Waals surface area contributed by atoms with Crippen molar-refractivity contribution in [2.45, 2.75) is 31.3 Å². The predicted molar refractivity (Wildman–Crippen MR) is 107 cm³/mol. The van der Waals surface area contributed by atoms with Gasteiger partial charge in [-0.1, -0.05) is 11.6 Å². The molecule has 0 amide bonds. The fraction of sp³-hybridized carbons (Fsp3) is 0.476. The first-order valence-corrected chi connectivity index (χ1v) is 10.3. The maximum atomic E-state index is 6.46. The van der Waals surface area contributed by atoms with Crippen molar-refractivity contribution >= 4 is 11.6 Å². The molecule has 28 heavy (non-hydrogen) atoms. The summed E-state index contributed by atoms with van der Waals surface area (Å²) >= 11 is 6.46. The highest BCUT2D eigenvalue weighted by atomic mass is 35.5. The Kier molecular flexibility index (Phi) is 5.11. The number of benzene rings is 1. The number of nitrogens with zero attached hydrogens (tertiary/aromatic N) is 2. The van der Waals surface area contributed by atoms with Gasteiger partial charge in [-0.05, 0) is 61.2 Å². The number of likely N-dealkylation sites (tertiary alicyclic amines) is 1. The Bertz CT molecular complexity index is 827. The molecule has 2 fully saturated rings. The first kappa shape index (κ1) is 18.2. The Labute approximate surface area is 170 Å². The van der Waals surface area contributed by atoms with E-state index in [2.05, 4.69) is 32.9 Å². The highest BCUT2D eigenvalue weighted by Crippen LogP contribution is 2.38. The minimum absolute atomic E-state index is 0.279. The number of piperidine rings is 1. The van der Waals surface area contributed by atoms with Gasteiger partial charge in [0.05, 0.1) is 0 Å². The summed E-state index contributed by atoms with van der Waals surface area (Å²) in [5.41, 5.74) is 9.39. The average molecular weight is 401 g/mol. The van der Waals surface area contributed by atoms with Crippen molar-refractivity contribution in [2.24, 2.45) is 5.92 Å². The molecule has 0 bridgehead atoms. The molecule has 0 saturated carbocycles. The number of hydrogen-bond donors (Lipinski definition) is 2. The van der Waals surface area contributed by atoms with Crippen molar-refractivity contribution in [1.82, 2.24) is 20.7 Å². The summed E-state index contributed by atoms with van der Waals surface area (Å²) in [5.74, 6) is 2.71. The van der Waals surface area contributed by atoms with E-state index in [1.165, 1.54) is 18.4 Å². The van der Waals surface area contributed by atoms with E-state index in [0.29, 0.717) is 17.9 Å². The van der Waals surface area contributed by atoms with Crippen LogP contribution in [0.25, 0.3) is 0 Å². The number of ether oxygens (including phenoxy) is 2. The molecule has 2 saturated heterocycles.